The summed E-state index contributed by atoms with van der Waals surface area (Å²) in [7, 11) is 1.96. The lowest BCUT2D eigenvalue weighted by Gasteiger charge is -2.28. The molecule has 1 N–H and O–H groups in total. The molecule has 33 heavy (non-hydrogen) atoms. The SMILES string of the molecule is Cn1cc(C2=C(c3c4n(c5ccccc35)C[C@@H]3CNC[C@H]3C4)C(=O)OC2=O)c2ccccc21. The summed E-state index contributed by atoms with van der Waals surface area (Å²) in [4.78, 5) is 26.3. The Balaban J connectivity index is 1.56. The minimum Gasteiger partial charge on any atom is -0.386 e. The summed E-state index contributed by atoms with van der Waals surface area (Å²) >= 11 is 0. The van der Waals surface area contributed by atoms with Crippen molar-refractivity contribution in [3.63, 3.8) is 0 Å². The first-order valence-corrected chi connectivity index (χ1v) is 11.5. The van der Waals surface area contributed by atoms with Gasteiger partial charge in [-0.25, -0.2) is 9.59 Å². The Hall–Kier alpha value is -3.64. The summed E-state index contributed by atoms with van der Waals surface area (Å²) in [5, 5.41) is 5.48. The van der Waals surface area contributed by atoms with E-state index in [-0.39, 0.29) is 0 Å². The number of aromatic nitrogens is 2. The first-order chi connectivity index (χ1) is 16.1. The summed E-state index contributed by atoms with van der Waals surface area (Å²) in [5.74, 6) is 0.0143. The van der Waals surface area contributed by atoms with E-state index >= 15 is 0 Å². The van der Waals surface area contributed by atoms with E-state index in [1.165, 1.54) is 0 Å². The van der Waals surface area contributed by atoms with Crippen LogP contribution in [0, 0.1) is 11.8 Å². The van der Waals surface area contributed by atoms with E-state index in [4.69, 9.17) is 4.74 Å². The molecule has 6 heteroatoms. The maximum absolute atomic E-state index is 13.2. The average Bonchev–Trinajstić information content (AvgIpc) is 3.56. The number of nitrogens with zero attached hydrogens (tertiary/aromatic N) is 2. The highest BCUT2D eigenvalue weighted by molar-refractivity contribution is 6.47. The van der Waals surface area contributed by atoms with E-state index in [0.29, 0.717) is 23.0 Å². The van der Waals surface area contributed by atoms with Crippen LogP contribution in [0.1, 0.15) is 16.8 Å². The summed E-state index contributed by atoms with van der Waals surface area (Å²) in [5.41, 5.74) is 5.67. The number of aryl methyl sites for hydroxylation is 1. The van der Waals surface area contributed by atoms with Gasteiger partial charge in [-0.1, -0.05) is 36.4 Å². The van der Waals surface area contributed by atoms with Crippen LogP contribution in [0.5, 0.6) is 0 Å². The molecule has 2 atom stereocenters. The van der Waals surface area contributed by atoms with Gasteiger partial charge in [0, 0.05) is 58.4 Å². The summed E-state index contributed by atoms with van der Waals surface area (Å²) < 4.78 is 9.62. The average molecular weight is 437 g/mol. The van der Waals surface area contributed by atoms with Crippen molar-refractivity contribution in [2.45, 2.75) is 13.0 Å². The number of benzene rings is 2. The van der Waals surface area contributed by atoms with Crippen LogP contribution in [0.25, 0.3) is 33.0 Å². The van der Waals surface area contributed by atoms with Crippen LogP contribution < -0.4 is 5.32 Å². The monoisotopic (exact) mass is 437 g/mol. The minimum absolute atomic E-state index is 0.377. The number of hydrogen-bond donors (Lipinski definition) is 1. The number of esters is 2. The first-order valence-electron chi connectivity index (χ1n) is 11.5. The highest BCUT2D eigenvalue weighted by atomic mass is 16.6. The fourth-order valence-corrected chi connectivity index (χ4v) is 6.18. The number of nitrogens with one attached hydrogen (secondary N) is 1. The molecule has 0 unspecified atom stereocenters. The number of cyclic esters (lactones) is 2. The quantitative estimate of drug-likeness (QED) is 0.385. The van der Waals surface area contributed by atoms with Crippen molar-refractivity contribution in [3.8, 4) is 0 Å². The topological polar surface area (TPSA) is 65.3 Å². The maximum atomic E-state index is 13.2. The van der Waals surface area contributed by atoms with Gasteiger partial charge in [-0.3, -0.25) is 0 Å². The van der Waals surface area contributed by atoms with Crippen molar-refractivity contribution in [2.75, 3.05) is 13.1 Å². The van der Waals surface area contributed by atoms with E-state index in [9.17, 15) is 9.59 Å². The molecule has 5 heterocycles. The number of rotatable bonds is 2. The molecule has 2 aromatic heterocycles. The van der Waals surface area contributed by atoms with E-state index in [1.54, 1.807) is 0 Å². The van der Waals surface area contributed by atoms with Crippen molar-refractivity contribution in [1.29, 1.82) is 0 Å². The molecule has 3 aliphatic rings. The second-order valence-corrected chi connectivity index (χ2v) is 9.43. The standard InChI is InChI=1S/C27H23N3O3/c1-29-14-19(17-6-2-4-8-20(17)29)24-25(27(32)33-26(24)31)23-18-7-3-5-9-21(18)30-13-16-12-28-11-15(16)10-22(23)30/h2-9,14-16,28H,10-13H2,1H3/t15-,16+/m1/s1. The van der Waals surface area contributed by atoms with Crippen LogP contribution in [-0.2, 0) is 34.3 Å². The molecular weight excluding hydrogens is 414 g/mol. The van der Waals surface area contributed by atoms with Crippen molar-refractivity contribution in [1.82, 2.24) is 14.5 Å². The number of ether oxygens (including phenoxy) is 1. The van der Waals surface area contributed by atoms with Gasteiger partial charge >= 0.3 is 11.9 Å². The molecule has 3 aliphatic heterocycles. The van der Waals surface area contributed by atoms with Crippen LogP contribution in [-0.4, -0.2) is 34.2 Å². The largest absolute Gasteiger partial charge is 0.386 e. The fourth-order valence-electron chi connectivity index (χ4n) is 6.18. The van der Waals surface area contributed by atoms with E-state index < -0.39 is 11.9 Å². The van der Waals surface area contributed by atoms with Gasteiger partial charge in [-0.15, -0.1) is 0 Å². The Kier molecular flexibility index (Phi) is 3.82. The van der Waals surface area contributed by atoms with Gasteiger partial charge in [0.05, 0.1) is 11.1 Å². The van der Waals surface area contributed by atoms with E-state index in [0.717, 1.165) is 64.7 Å². The summed E-state index contributed by atoms with van der Waals surface area (Å²) in [6.45, 7) is 2.94. The molecule has 7 rings (SSSR count). The molecule has 1 saturated heterocycles. The highest BCUT2D eigenvalue weighted by Crippen LogP contribution is 2.45. The molecular formula is C27H23N3O3. The molecule has 0 radical (unpaired) electrons. The van der Waals surface area contributed by atoms with Gasteiger partial charge in [0.2, 0.25) is 0 Å². The second-order valence-electron chi connectivity index (χ2n) is 9.43. The first kappa shape index (κ1) is 18.9. The fraction of sp³-hybridized carbons (Fsp3) is 0.259. The van der Waals surface area contributed by atoms with Gasteiger partial charge in [0.15, 0.2) is 0 Å². The molecule has 4 aromatic rings. The number of fused-ring (bicyclic) bond motifs is 5. The smallest absolute Gasteiger partial charge is 0.347 e. The van der Waals surface area contributed by atoms with Crippen LogP contribution in [0.3, 0.4) is 0 Å². The Labute approximate surface area is 190 Å². The molecule has 6 nitrogen and oxygen atoms in total. The Morgan fingerprint density at radius 1 is 0.879 bits per heavy atom. The Morgan fingerprint density at radius 2 is 1.58 bits per heavy atom. The third-order valence-electron chi connectivity index (χ3n) is 7.69. The molecule has 0 saturated carbocycles. The number of carbonyl (C=O) groups is 2. The summed E-state index contributed by atoms with van der Waals surface area (Å²) in [6, 6.07) is 16.2. The molecule has 0 spiro atoms. The summed E-state index contributed by atoms with van der Waals surface area (Å²) in [6.07, 6.45) is 2.82. The van der Waals surface area contributed by atoms with Crippen molar-refractivity contribution in [2.24, 2.45) is 18.9 Å². The van der Waals surface area contributed by atoms with E-state index in [2.05, 4.69) is 22.0 Å². The number of hydrogen-bond acceptors (Lipinski definition) is 4. The van der Waals surface area contributed by atoms with Gasteiger partial charge in [-0.2, -0.15) is 0 Å². The maximum Gasteiger partial charge on any atom is 0.347 e. The van der Waals surface area contributed by atoms with E-state index in [1.807, 2.05) is 54.2 Å². The van der Waals surface area contributed by atoms with Crippen LogP contribution in [0.15, 0.2) is 54.7 Å². The number of carbonyl (C=O) groups excluding carboxylic acids is 2. The predicted molar refractivity (Wildman–Crippen MR) is 126 cm³/mol. The van der Waals surface area contributed by atoms with Crippen LogP contribution in [0.2, 0.25) is 0 Å². The number of para-hydroxylation sites is 2. The Morgan fingerprint density at radius 3 is 2.42 bits per heavy atom. The van der Waals surface area contributed by atoms with Gasteiger partial charge < -0.3 is 19.2 Å². The van der Waals surface area contributed by atoms with Gasteiger partial charge in [-0.05, 0) is 43.5 Å². The molecule has 0 amide bonds. The lowest BCUT2D eigenvalue weighted by Crippen LogP contribution is -2.28. The Bertz CT molecular complexity index is 1540. The third kappa shape index (κ3) is 2.52. The molecule has 1 fully saturated rings. The molecule has 0 aliphatic carbocycles. The van der Waals surface area contributed by atoms with Crippen LogP contribution >= 0.6 is 0 Å². The highest BCUT2D eigenvalue weighted by Gasteiger charge is 2.42. The normalized spacial score (nSPS) is 22.3. The zero-order valence-electron chi connectivity index (χ0n) is 18.3. The van der Waals surface area contributed by atoms with Gasteiger partial charge in [0.1, 0.15) is 0 Å². The lowest BCUT2D eigenvalue weighted by atomic mass is 9.85. The van der Waals surface area contributed by atoms with Crippen molar-refractivity contribution in [3.05, 3.63) is 71.5 Å². The van der Waals surface area contributed by atoms with Crippen molar-refractivity contribution >= 4 is 44.9 Å². The van der Waals surface area contributed by atoms with Crippen LogP contribution in [0.4, 0.5) is 0 Å². The molecule has 164 valence electrons. The van der Waals surface area contributed by atoms with Crippen molar-refractivity contribution < 1.29 is 14.3 Å². The molecule has 2 aromatic carbocycles. The molecule has 0 bridgehead atoms. The lowest BCUT2D eigenvalue weighted by molar-refractivity contribution is -0.149. The third-order valence-corrected chi connectivity index (χ3v) is 7.69. The van der Waals surface area contributed by atoms with Gasteiger partial charge in [0.25, 0.3) is 0 Å². The minimum atomic E-state index is -0.563. The predicted octanol–water partition coefficient (Wildman–Crippen LogP) is 3.52. The second kappa shape index (κ2) is 6.68. The zero-order chi connectivity index (χ0) is 22.3. The zero-order valence-corrected chi connectivity index (χ0v) is 18.3.